The van der Waals surface area contributed by atoms with Crippen molar-refractivity contribution in [3.8, 4) is 0 Å². The van der Waals surface area contributed by atoms with Gasteiger partial charge in [-0.1, -0.05) is 19.0 Å². The largest absolute Gasteiger partial charge is 0.408 e. The molecule has 6 aliphatic rings. The molecular weight excluding hydrogens is 634 g/mol. The fraction of sp³-hybridized carbons (Fsp3) is 0.677. The first-order valence-corrected chi connectivity index (χ1v) is 16.2. The lowest BCUT2D eigenvalue weighted by molar-refractivity contribution is -0.151. The number of fused-ring (bicyclic) bond motifs is 8. The number of hydrogen-bond acceptors (Lipinski definition) is 8. The van der Waals surface area contributed by atoms with Gasteiger partial charge in [-0.05, 0) is 82.2 Å². The van der Waals surface area contributed by atoms with E-state index in [-0.39, 0.29) is 20.3 Å². The SMILES string of the molecule is C.Clc1ccc2c(n1)N[C@H]1CCCN2C1.FC(F)(F)[C@@H]1CCCN1.FC(F)(F)[C@@H]1CCCN1c1ccc2c(n1)N[C@H]1CCCN2C1. The summed E-state index contributed by atoms with van der Waals surface area (Å²) in [6, 6.07) is 5.84. The maximum Gasteiger partial charge on any atom is 0.408 e. The molecule has 4 atom stereocenters. The van der Waals surface area contributed by atoms with Crippen molar-refractivity contribution in [3.05, 3.63) is 29.4 Å². The Bertz CT molecular complexity index is 1320. The predicted octanol–water partition coefficient (Wildman–Crippen LogP) is 7.07. The standard InChI is InChI=1S/C15H19F3N4.C10H12ClN3.C5H8F3N.CH4/c16-15(17,18)12-4-2-8-22(12)13-6-5-11-14(20-13)19-10-3-1-7-21(11)9-10;11-9-4-3-8-10(13-9)12-7-2-1-5-14(8)6-7;6-5(7,8)4-2-1-3-9-4;/h5-6,10,12H,1-4,7-9H2,(H,19,20);3-4,7H,1-2,5-6H2,(H,12,13);4,9H,1-3H2;1H4/t10-,12-;7-;4-;/m000./s1. The van der Waals surface area contributed by atoms with Gasteiger partial charge in [-0.3, -0.25) is 0 Å². The van der Waals surface area contributed by atoms with E-state index in [0.717, 1.165) is 56.3 Å². The lowest BCUT2D eigenvalue weighted by Crippen LogP contribution is -2.47. The van der Waals surface area contributed by atoms with Crippen molar-refractivity contribution in [2.24, 2.45) is 0 Å². The van der Waals surface area contributed by atoms with E-state index < -0.39 is 24.4 Å². The molecule has 2 aromatic heterocycles. The van der Waals surface area contributed by atoms with Crippen LogP contribution in [0.5, 0.6) is 0 Å². The first kappa shape index (κ1) is 34.5. The van der Waals surface area contributed by atoms with Crippen LogP contribution in [0.1, 0.15) is 58.8 Å². The smallest absolute Gasteiger partial charge is 0.366 e. The highest BCUT2D eigenvalue weighted by Crippen LogP contribution is 2.39. The number of rotatable bonds is 1. The van der Waals surface area contributed by atoms with E-state index >= 15 is 0 Å². The van der Waals surface area contributed by atoms with E-state index in [1.54, 1.807) is 6.07 Å². The second kappa shape index (κ2) is 14.1. The maximum atomic E-state index is 13.1. The Hall–Kier alpha value is -2.87. The van der Waals surface area contributed by atoms with Gasteiger partial charge in [-0.2, -0.15) is 26.3 Å². The third kappa shape index (κ3) is 7.80. The molecule has 0 amide bonds. The monoisotopic (exact) mass is 676 g/mol. The number of hydrogen-bond donors (Lipinski definition) is 3. The summed E-state index contributed by atoms with van der Waals surface area (Å²) in [7, 11) is 0. The molecule has 8 nitrogen and oxygen atoms in total. The van der Waals surface area contributed by atoms with Crippen molar-refractivity contribution in [2.75, 3.05) is 64.6 Å². The molecule has 4 saturated heterocycles. The van der Waals surface area contributed by atoms with Crippen molar-refractivity contribution in [1.82, 2.24) is 15.3 Å². The van der Waals surface area contributed by atoms with Crippen LogP contribution in [-0.2, 0) is 0 Å². The lowest BCUT2D eigenvalue weighted by atomic mass is 10.0. The maximum absolute atomic E-state index is 13.1. The Morgan fingerprint density at radius 1 is 0.696 bits per heavy atom. The zero-order valence-electron chi connectivity index (χ0n) is 24.9. The first-order chi connectivity index (χ1) is 21.5. The Morgan fingerprint density at radius 3 is 1.83 bits per heavy atom. The molecule has 4 fully saturated rings. The quantitative estimate of drug-likeness (QED) is 0.219. The molecule has 8 rings (SSSR count). The summed E-state index contributed by atoms with van der Waals surface area (Å²) in [6.07, 6.45) is -1.89. The van der Waals surface area contributed by atoms with Gasteiger partial charge in [-0.25, -0.2) is 9.97 Å². The molecule has 0 aromatic carbocycles. The average molecular weight is 677 g/mol. The van der Waals surface area contributed by atoms with E-state index in [9.17, 15) is 26.3 Å². The van der Waals surface area contributed by atoms with E-state index in [2.05, 4.69) is 41.8 Å². The average Bonchev–Trinajstić information content (AvgIpc) is 3.71. The summed E-state index contributed by atoms with van der Waals surface area (Å²) in [4.78, 5) is 14.9. The molecule has 3 N–H and O–H groups in total. The summed E-state index contributed by atoms with van der Waals surface area (Å²) in [5, 5.41) is 9.76. The molecule has 4 bridgehead atoms. The first-order valence-electron chi connectivity index (χ1n) is 15.8. The summed E-state index contributed by atoms with van der Waals surface area (Å²) in [6.45, 7) is 5.14. The highest BCUT2D eigenvalue weighted by Gasteiger charge is 2.46. The van der Waals surface area contributed by atoms with E-state index in [0.29, 0.717) is 49.0 Å². The second-order valence-electron chi connectivity index (χ2n) is 12.5. The molecule has 8 heterocycles. The summed E-state index contributed by atoms with van der Waals surface area (Å²) >= 11 is 5.86. The summed E-state index contributed by atoms with van der Waals surface area (Å²) in [5.74, 6) is 2.13. The van der Waals surface area contributed by atoms with Crippen LogP contribution in [0, 0.1) is 0 Å². The van der Waals surface area contributed by atoms with Crippen LogP contribution in [-0.4, -0.2) is 85.8 Å². The van der Waals surface area contributed by atoms with Gasteiger partial charge in [0.2, 0.25) is 0 Å². The third-order valence-electron chi connectivity index (χ3n) is 9.29. The minimum Gasteiger partial charge on any atom is -0.366 e. The molecule has 46 heavy (non-hydrogen) atoms. The van der Waals surface area contributed by atoms with Crippen molar-refractivity contribution in [2.45, 2.75) is 95.3 Å². The van der Waals surface area contributed by atoms with Gasteiger partial charge in [0.25, 0.3) is 0 Å². The predicted molar refractivity (Wildman–Crippen MR) is 171 cm³/mol. The molecule has 0 radical (unpaired) electrons. The van der Waals surface area contributed by atoms with E-state index in [1.165, 1.54) is 23.4 Å². The minimum absolute atomic E-state index is 0. The second-order valence-corrected chi connectivity index (χ2v) is 12.9. The van der Waals surface area contributed by atoms with E-state index in [4.69, 9.17) is 11.6 Å². The molecule has 2 aromatic rings. The molecule has 0 aliphatic carbocycles. The lowest BCUT2D eigenvalue weighted by Gasteiger charge is -2.41. The van der Waals surface area contributed by atoms with Crippen molar-refractivity contribution >= 4 is 40.4 Å². The number of nitrogens with one attached hydrogen (secondary N) is 3. The minimum atomic E-state index is -4.19. The van der Waals surface area contributed by atoms with Gasteiger partial charge < -0.3 is 30.7 Å². The zero-order chi connectivity index (χ0) is 31.8. The molecule has 0 saturated carbocycles. The van der Waals surface area contributed by atoms with Crippen LogP contribution in [0.4, 0.5) is 55.2 Å². The van der Waals surface area contributed by atoms with Gasteiger partial charge in [0.05, 0.1) is 11.4 Å². The molecule has 6 aliphatic heterocycles. The van der Waals surface area contributed by atoms with Gasteiger partial charge in [0.1, 0.15) is 23.1 Å². The van der Waals surface area contributed by atoms with Crippen molar-refractivity contribution < 1.29 is 26.3 Å². The topological polar surface area (TPSA) is 71.6 Å². The Kier molecular flexibility index (Phi) is 10.6. The molecular formula is C31H43ClF6N8. The van der Waals surface area contributed by atoms with Crippen molar-refractivity contribution in [3.63, 3.8) is 0 Å². The third-order valence-corrected chi connectivity index (χ3v) is 9.50. The number of alkyl halides is 6. The normalized spacial score (nSPS) is 26.2. The van der Waals surface area contributed by atoms with Crippen LogP contribution >= 0.6 is 11.6 Å². The highest BCUT2D eigenvalue weighted by atomic mass is 35.5. The number of halogens is 7. The zero-order valence-corrected chi connectivity index (χ0v) is 25.7. The molecule has 15 heteroatoms. The van der Waals surface area contributed by atoms with Gasteiger partial charge in [-0.15, -0.1) is 0 Å². The van der Waals surface area contributed by atoms with Crippen molar-refractivity contribution in [1.29, 1.82) is 0 Å². The number of nitrogens with zero attached hydrogens (tertiary/aromatic N) is 5. The van der Waals surface area contributed by atoms with Gasteiger partial charge in [0.15, 0.2) is 11.6 Å². The highest BCUT2D eigenvalue weighted by molar-refractivity contribution is 6.29. The van der Waals surface area contributed by atoms with Crippen LogP contribution in [0.25, 0.3) is 0 Å². The van der Waals surface area contributed by atoms with Crippen LogP contribution in [0.3, 0.4) is 0 Å². The number of piperidine rings is 2. The van der Waals surface area contributed by atoms with Gasteiger partial charge >= 0.3 is 12.4 Å². The number of pyridine rings is 2. The Labute approximate surface area is 271 Å². The Balaban J connectivity index is 0.000000149. The van der Waals surface area contributed by atoms with Crippen LogP contribution in [0.2, 0.25) is 5.15 Å². The van der Waals surface area contributed by atoms with Gasteiger partial charge in [0, 0.05) is 44.8 Å². The number of anilines is 5. The summed E-state index contributed by atoms with van der Waals surface area (Å²) < 4.78 is 74.5. The van der Waals surface area contributed by atoms with Crippen LogP contribution in [0.15, 0.2) is 24.3 Å². The number of aromatic nitrogens is 2. The fourth-order valence-electron chi connectivity index (χ4n) is 7.11. The Morgan fingerprint density at radius 2 is 1.28 bits per heavy atom. The molecule has 0 unspecified atom stereocenters. The molecule has 256 valence electrons. The van der Waals surface area contributed by atoms with Crippen LogP contribution < -0.4 is 30.7 Å². The van der Waals surface area contributed by atoms with E-state index in [1.807, 2.05) is 12.1 Å². The summed E-state index contributed by atoms with van der Waals surface area (Å²) in [5.41, 5.74) is 2.22. The molecule has 0 spiro atoms. The fourth-order valence-corrected chi connectivity index (χ4v) is 7.26.